The first-order valence-corrected chi connectivity index (χ1v) is 9.00. The van der Waals surface area contributed by atoms with Crippen molar-refractivity contribution in [3.63, 3.8) is 0 Å². The second-order valence-electron chi connectivity index (χ2n) is 6.90. The molecule has 0 spiro atoms. The van der Waals surface area contributed by atoms with Gasteiger partial charge in [0, 0.05) is 11.5 Å². The fourth-order valence-corrected chi connectivity index (χ4v) is 3.83. The van der Waals surface area contributed by atoms with E-state index < -0.39 is 5.97 Å². The van der Waals surface area contributed by atoms with Gasteiger partial charge in [-0.05, 0) is 52.4 Å². The highest BCUT2D eigenvalue weighted by Gasteiger charge is 2.36. The number of carbonyl (C=O) groups excluding carboxylic acids is 1. The van der Waals surface area contributed by atoms with Gasteiger partial charge in [0.15, 0.2) is 0 Å². The Kier molecular flexibility index (Phi) is 8.32. The minimum absolute atomic E-state index is 0.881. The van der Waals surface area contributed by atoms with Gasteiger partial charge in [0.1, 0.15) is 6.54 Å². The largest absolute Gasteiger partial charge is 0.550 e. The van der Waals surface area contributed by atoms with E-state index in [9.17, 15) is 0 Å². The first-order chi connectivity index (χ1) is 10.9. The summed E-state index contributed by atoms with van der Waals surface area (Å²) >= 11 is 0. The number of carboxylic acid groups (broad SMARTS) is 1. The summed E-state index contributed by atoms with van der Waals surface area (Å²) in [5, 5.41) is 8.89. The SMILES string of the molecule is CC(=O)[O-].CC[N+](CC)(Cc1ccccc1)C1CCC(C)CC1. The van der Waals surface area contributed by atoms with Gasteiger partial charge in [0.05, 0.1) is 19.1 Å². The van der Waals surface area contributed by atoms with Gasteiger partial charge in [-0.2, -0.15) is 0 Å². The number of nitrogens with zero attached hydrogens (tertiary/aromatic N) is 1. The Balaban J connectivity index is 0.000000593. The van der Waals surface area contributed by atoms with Gasteiger partial charge in [-0.3, -0.25) is 0 Å². The molecule has 1 aliphatic carbocycles. The van der Waals surface area contributed by atoms with Crippen molar-refractivity contribution < 1.29 is 14.4 Å². The molecule has 130 valence electrons. The molecule has 0 saturated heterocycles. The summed E-state index contributed by atoms with van der Waals surface area (Å²) in [6.07, 6.45) is 5.71. The third-order valence-corrected chi connectivity index (χ3v) is 5.36. The second kappa shape index (κ2) is 9.71. The normalized spacial score (nSPS) is 21.2. The van der Waals surface area contributed by atoms with Crippen LogP contribution < -0.4 is 5.11 Å². The summed E-state index contributed by atoms with van der Waals surface area (Å²) in [6.45, 7) is 11.9. The summed E-state index contributed by atoms with van der Waals surface area (Å²) < 4.78 is 1.29. The number of hydrogen-bond acceptors (Lipinski definition) is 2. The predicted molar refractivity (Wildman–Crippen MR) is 93.6 cm³/mol. The highest BCUT2D eigenvalue weighted by Crippen LogP contribution is 2.33. The van der Waals surface area contributed by atoms with Crippen LogP contribution in [0.2, 0.25) is 0 Å². The van der Waals surface area contributed by atoms with Gasteiger partial charge in [-0.1, -0.05) is 37.3 Å². The van der Waals surface area contributed by atoms with Crippen molar-refractivity contribution in [2.24, 2.45) is 5.92 Å². The molecular formula is C20H33NO2. The molecule has 0 aromatic heterocycles. The van der Waals surface area contributed by atoms with Crippen molar-refractivity contribution in [2.45, 2.75) is 66.0 Å². The third kappa shape index (κ3) is 6.34. The molecule has 0 atom stereocenters. The molecule has 0 unspecified atom stereocenters. The maximum Gasteiger partial charge on any atom is 0.105 e. The van der Waals surface area contributed by atoms with E-state index in [2.05, 4.69) is 51.1 Å². The molecule has 0 bridgehead atoms. The van der Waals surface area contributed by atoms with Gasteiger partial charge in [-0.15, -0.1) is 0 Å². The minimum Gasteiger partial charge on any atom is -0.550 e. The fraction of sp³-hybridized carbons (Fsp3) is 0.650. The van der Waals surface area contributed by atoms with E-state index in [1.807, 2.05) is 0 Å². The Labute approximate surface area is 141 Å². The smallest absolute Gasteiger partial charge is 0.105 e. The monoisotopic (exact) mass is 319 g/mol. The molecule has 0 radical (unpaired) electrons. The number of quaternary nitrogens is 1. The summed E-state index contributed by atoms with van der Waals surface area (Å²) in [5.41, 5.74) is 1.50. The maximum atomic E-state index is 8.89. The van der Waals surface area contributed by atoms with Crippen LogP contribution in [0.15, 0.2) is 30.3 Å². The summed E-state index contributed by atoms with van der Waals surface area (Å²) in [5.74, 6) is -0.136. The van der Waals surface area contributed by atoms with Crippen molar-refractivity contribution >= 4 is 5.97 Å². The van der Waals surface area contributed by atoms with Gasteiger partial charge in [0.25, 0.3) is 0 Å². The number of aliphatic carboxylic acids is 1. The van der Waals surface area contributed by atoms with E-state index in [0.717, 1.165) is 18.9 Å². The highest BCUT2D eigenvalue weighted by atomic mass is 16.4. The molecule has 2 rings (SSSR count). The Bertz CT molecular complexity index is 442. The molecule has 0 N–H and O–H groups in total. The van der Waals surface area contributed by atoms with Crippen LogP contribution in [0.25, 0.3) is 0 Å². The van der Waals surface area contributed by atoms with Crippen molar-refractivity contribution in [3.05, 3.63) is 35.9 Å². The Morgan fingerprint density at radius 2 is 1.57 bits per heavy atom. The average Bonchev–Trinajstić information content (AvgIpc) is 2.54. The van der Waals surface area contributed by atoms with E-state index in [4.69, 9.17) is 9.90 Å². The van der Waals surface area contributed by atoms with E-state index in [1.54, 1.807) is 0 Å². The molecule has 0 heterocycles. The summed E-state index contributed by atoms with van der Waals surface area (Å²) in [4.78, 5) is 8.89. The molecule has 1 aliphatic rings. The lowest BCUT2D eigenvalue weighted by molar-refractivity contribution is -0.962. The Morgan fingerprint density at radius 1 is 1.09 bits per heavy atom. The van der Waals surface area contributed by atoms with Crippen molar-refractivity contribution in [3.8, 4) is 0 Å². The van der Waals surface area contributed by atoms with Gasteiger partial charge < -0.3 is 14.4 Å². The maximum absolute atomic E-state index is 8.89. The molecule has 1 fully saturated rings. The quantitative estimate of drug-likeness (QED) is 0.781. The average molecular weight is 319 g/mol. The van der Waals surface area contributed by atoms with Gasteiger partial charge in [0.2, 0.25) is 0 Å². The van der Waals surface area contributed by atoms with Crippen LogP contribution in [-0.2, 0) is 11.3 Å². The fourth-order valence-electron chi connectivity index (χ4n) is 3.83. The van der Waals surface area contributed by atoms with Crippen molar-refractivity contribution in [1.29, 1.82) is 0 Å². The molecule has 3 heteroatoms. The minimum atomic E-state index is -1.08. The number of hydrogen-bond donors (Lipinski definition) is 0. The van der Waals surface area contributed by atoms with Crippen molar-refractivity contribution in [1.82, 2.24) is 0 Å². The van der Waals surface area contributed by atoms with Crippen LogP contribution in [0.5, 0.6) is 0 Å². The van der Waals surface area contributed by atoms with Crippen LogP contribution in [0.3, 0.4) is 0 Å². The molecule has 0 aliphatic heterocycles. The summed E-state index contributed by atoms with van der Waals surface area (Å²) in [6, 6.07) is 12.0. The van der Waals surface area contributed by atoms with Crippen molar-refractivity contribution in [2.75, 3.05) is 13.1 Å². The van der Waals surface area contributed by atoms with E-state index in [1.165, 1.54) is 55.4 Å². The first kappa shape index (κ1) is 19.7. The second-order valence-corrected chi connectivity index (χ2v) is 6.90. The molecule has 1 aromatic rings. The molecule has 3 nitrogen and oxygen atoms in total. The topological polar surface area (TPSA) is 40.1 Å². The lowest BCUT2D eigenvalue weighted by Gasteiger charge is -2.46. The number of carboxylic acids is 1. The van der Waals surface area contributed by atoms with E-state index in [-0.39, 0.29) is 0 Å². The lowest BCUT2D eigenvalue weighted by Crippen LogP contribution is -2.55. The molecule has 23 heavy (non-hydrogen) atoms. The Morgan fingerprint density at radius 3 is 2.00 bits per heavy atom. The van der Waals surface area contributed by atoms with Gasteiger partial charge in [-0.25, -0.2) is 0 Å². The molecule has 0 amide bonds. The van der Waals surface area contributed by atoms with E-state index >= 15 is 0 Å². The van der Waals surface area contributed by atoms with Crippen LogP contribution in [-0.4, -0.2) is 29.6 Å². The number of carbonyl (C=O) groups is 1. The van der Waals surface area contributed by atoms with Crippen LogP contribution >= 0.6 is 0 Å². The third-order valence-electron chi connectivity index (χ3n) is 5.36. The van der Waals surface area contributed by atoms with E-state index in [0.29, 0.717) is 0 Å². The lowest BCUT2D eigenvalue weighted by atomic mass is 9.85. The predicted octanol–water partition coefficient (Wildman–Crippen LogP) is 3.38. The van der Waals surface area contributed by atoms with Crippen LogP contribution in [0, 0.1) is 5.92 Å². The molecule has 1 saturated carbocycles. The molecular weight excluding hydrogens is 286 g/mol. The number of rotatable bonds is 5. The highest BCUT2D eigenvalue weighted by molar-refractivity contribution is 5.60. The zero-order valence-electron chi connectivity index (χ0n) is 15.3. The van der Waals surface area contributed by atoms with Crippen LogP contribution in [0.1, 0.15) is 58.9 Å². The Hall–Kier alpha value is -1.35. The zero-order valence-corrected chi connectivity index (χ0v) is 15.3. The first-order valence-electron chi connectivity index (χ1n) is 9.00. The summed E-state index contributed by atoms with van der Waals surface area (Å²) in [7, 11) is 0. The standard InChI is InChI=1S/C18H30N.C2H4O2/c1-4-19(5-2,15-17-9-7-6-8-10-17)18-13-11-16(3)12-14-18;1-2(3)4/h6-10,16,18H,4-5,11-15H2,1-3H3;1H3,(H,3,4)/q+1;/p-1. The number of benzene rings is 1. The van der Waals surface area contributed by atoms with Gasteiger partial charge >= 0.3 is 0 Å². The van der Waals surface area contributed by atoms with Crippen LogP contribution in [0.4, 0.5) is 0 Å². The molecule has 1 aromatic carbocycles. The zero-order chi connectivity index (χ0) is 17.3.